The summed E-state index contributed by atoms with van der Waals surface area (Å²) < 4.78 is 40.2. The molecule has 8 nitrogen and oxygen atoms in total. The number of ether oxygens (including phenoxy) is 1. The number of rotatable bonds is 8. The van der Waals surface area contributed by atoms with E-state index in [1.807, 2.05) is 0 Å². The highest BCUT2D eigenvalue weighted by Crippen LogP contribution is 2.71. The van der Waals surface area contributed by atoms with E-state index in [0.29, 0.717) is 23.4 Å². The van der Waals surface area contributed by atoms with Gasteiger partial charge in [0, 0.05) is 17.9 Å². The van der Waals surface area contributed by atoms with E-state index in [-0.39, 0.29) is 41.1 Å². The fourth-order valence-electron chi connectivity index (χ4n) is 4.78. The van der Waals surface area contributed by atoms with Crippen LogP contribution in [0.25, 0.3) is 0 Å². The van der Waals surface area contributed by atoms with Gasteiger partial charge in [-0.2, -0.15) is 0 Å². The third-order valence-corrected chi connectivity index (χ3v) is 7.80. The second kappa shape index (κ2) is 9.02. The SMILES string of the molecule is C#CCOc1cnc(C(=O)Cc2ccc(F)c([C@@]3(CF)N=C(N)S[C@@]4(c5ocnc5C)C[C@@H]34)c2)cn1. The number of aliphatic imine (C=N–C) groups is 1. The number of carbonyl (C=O) groups is 1. The number of hydrogen-bond acceptors (Lipinski definition) is 9. The Bertz CT molecular complexity index is 1400. The van der Waals surface area contributed by atoms with E-state index >= 15 is 4.39 Å². The molecule has 0 unspecified atom stereocenters. The predicted octanol–water partition coefficient (Wildman–Crippen LogP) is 3.49. The van der Waals surface area contributed by atoms with Gasteiger partial charge in [0.25, 0.3) is 0 Å². The summed E-state index contributed by atoms with van der Waals surface area (Å²) in [6.45, 7) is 0.860. The first-order chi connectivity index (χ1) is 17.3. The number of hydrogen-bond donors (Lipinski definition) is 1. The topological polar surface area (TPSA) is 116 Å². The van der Waals surface area contributed by atoms with E-state index in [4.69, 9.17) is 21.3 Å². The van der Waals surface area contributed by atoms with Crippen molar-refractivity contribution in [2.24, 2.45) is 16.6 Å². The Morgan fingerprint density at radius 2 is 2.19 bits per heavy atom. The molecule has 0 amide bonds. The van der Waals surface area contributed by atoms with Crippen LogP contribution in [0.3, 0.4) is 0 Å². The Balaban J connectivity index is 1.45. The molecule has 1 saturated carbocycles. The minimum absolute atomic E-state index is 0.0282. The summed E-state index contributed by atoms with van der Waals surface area (Å²) in [5, 5.41) is 0.139. The van der Waals surface area contributed by atoms with Crippen molar-refractivity contribution in [2.45, 2.75) is 30.1 Å². The number of ketones is 1. The van der Waals surface area contributed by atoms with Crippen molar-refractivity contribution in [1.29, 1.82) is 0 Å². The van der Waals surface area contributed by atoms with Crippen molar-refractivity contribution in [1.82, 2.24) is 15.0 Å². The number of benzene rings is 1. The summed E-state index contributed by atoms with van der Waals surface area (Å²) in [4.78, 5) is 29.5. The molecule has 0 bridgehead atoms. The van der Waals surface area contributed by atoms with Gasteiger partial charge < -0.3 is 14.9 Å². The molecule has 0 spiro atoms. The van der Waals surface area contributed by atoms with Crippen molar-refractivity contribution in [3.63, 3.8) is 0 Å². The lowest BCUT2D eigenvalue weighted by Gasteiger charge is -2.34. The van der Waals surface area contributed by atoms with Gasteiger partial charge in [0.2, 0.25) is 5.88 Å². The Labute approximate surface area is 209 Å². The minimum atomic E-state index is -1.55. The number of halogens is 2. The second-order valence-corrected chi connectivity index (χ2v) is 10.0. The summed E-state index contributed by atoms with van der Waals surface area (Å²) >= 11 is 1.29. The molecule has 0 saturated heterocycles. The number of carbonyl (C=O) groups excluding carboxylic acids is 1. The highest BCUT2D eigenvalue weighted by Gasteiger charge is 2.71. The van der Waals surface area contributed by atoms with Crippen molar-refractivity contribution in [3.05, 3.63) is 71.1 Å². The molecule has 2 aromatic heterocycles. The van der Waals surface area contributed by atoms with Crippen LogP contribution in [-0.4, -0.2) is 39.2 Å². The Kier molecular flexibility index (Phi) is 6.00. The zero-order chi connectivity index (χ0) is 25.5. The molecule has 1 aromatic carbocycles. The first-order valence-electron chi connectivity index (χ1n) is 11.0. The lowest BCUT2D eigenvalue weighted by molar-refractivity contribution is 0.0987. The summed E-state index contributed by atoms with van der Waals surface area (Å²) in [7, 11) is 0. The number of fused-ring (bicyclic) bond motifs is 1. The van der Waals surface area contributed by atoms with Crippen LogP contribution in [0, 0.1) is 31.0 Å². The molecule has 11 heteroatoms. The van der Waals surface area contributed by atoms with E-state index in [0.717, 1.165) is 0 Å². The van der Waals surface area contributed by atoms with Crippen LogP contribution in [0.15, 0.2) is 46.4 Å². The number of amidine groups is 1. The van der Waals surface area contributed by atoms with Gasteiger partial charge in [-0.3, -0.25) is 4.79 Å². The molecule has 36 heavy (non-hydrogen) atoms. The van der Waals surface area contributed by atoms with Gasteiger partial charge in [-0.25, -0.2) is 28.7 Å². The Morgan fingerprint density at radius 3 is 2.86 bits per heavy atom. The van der Waals surface area contributed by atoms with Gasteiger partial charge in [0.1, 0.15) is 29.5 Å². The number of thioether (sulfide) groups is 1. The monoisotopic (exact) mass is 509 g/mol. The zero-order valence-electron chi connectivity index (χ0n) is 19.2. The van der Waals surface area contributed by atoms with Crippen LogP contribution >= 0.6 is 11.8 Å². The van der Waals surface area contributed by atoms with Crippen LogP contribution < -0.4 is 10.5 Å². The Hall–Kier alpha value is -3.78. The summed E-state index contributed by atoms with van der Waals surface area (Å²) in [5.41, 5.74) is 5.89. The van der Waals surface area contributed by atoms with Gasteiger partial charge in [0.15, 0.2) is 24.0 Å². The number of nitrogens with two attached hydrogens (primary N) is 1. The van der Waals surface area contributed by atoms with E-state index in [2.05, 4.69) is 25.9 Å². The first-order valence-corrected chi connectivity index (χ1v) is 11.9. The number of aryl methyl sites for hydroxylation is 1. The molecule has 2 aliphatic rings. The molecule has 3 heterocycles. The average Bonchev–Trinajstić information content (AvgIpc) is 3.46. The smallest absolute Gasteiger partial charge is 0.233 e. The lowest BCUT2D eigenvalue weighted by Crippen LogP contribution is -2.39. The highest BCUT2D eigenvalue weighted by molar-refractivity contribution is 8.14. The summed E-state index contributed by atoms with van der Waals surface area (Å²) in [6, 6.07) is 4.18. The molecule has 0 radical (unpaired) electrons. The van der Waals surface area contributed by atoms with Gasteiger partial charge >= 0.3 is 0 Å². The van der Waals surface area contributed by atoms with E-state index < -0.39 is 28.7 Å². The number of terminal acetylenes is 1. The standard InChI is InChI=1S/C25H21F2N5O3S/c1-3-6-34-21-11-29-18(10-30-21)19(33)8-15-4-5-17(27)16(7-15)24(12-26)20-9-25(20,36-23(28)32-24)22-14(2)31-13-35-22/h1,4-5,7,10-11,13,20H,6,8-9,12H2,2H3,(H2,28,32)/t20-,24+,25-/m0/s1. The van der Waals surface area contributed by atoms with Crippen LogP contribution in [-0.2, 0) is 16.7 Å². The van der Waals surface area contributed by atoms with Gasteiger partial charge in [-0.15, -0.1) is 6.42 Å². The molecule has 2 N–H and O–H groups in total. The molecule has 3 atom stereocenters. The number of Topliss-reactive ketones (excluding diaryl/α,β-unsaturated/α-hetero) is 1. The fraction of sp³-hybridized carbons (Fsp3) is 0.320. The normalized spacial score (nSPS) is 24.4. The number of oxazole rings is 1. The fourth-order valence-corrected chi connectivity index (χ4v) is 6.24. The molecule has 1 fully saturated rings. The number of nitrogens with zero attached hydrogens (tertiary/aromatic N) is 4. The largest absolute Gasteiger partial charge is 0.463 e. The molecular weight excluding hydrogens is 488 g/mol. The molecule has 5 rings (SSSR count). The van der Waals surface area contributed by atoms with E-state index in [1.165, 1.54) is 48.7 Å². The maximum absolute atomic E-state index is 15.2. The number of alkyl halides is 1. The quantitative estimate of drug-likeness (QED) is 0.362. The van der Waals surface area contributed by atoms with Crippen molar-refractivity contribution in [2.75, 3.05) is 13.3 Å². The van der Waals surface area contributed by atoms with Crippen LogP contribution in [0.1, 0.15) is 39.5 Å². The third kappa shape index (κ3) is 3.91. The average molecular weight is 510 g/mol. The second-order valence-electron chi connectivity index (χ2n) is 8.67. The van der Waals surface area contributed by atoms with Crippen LogP contribution in [0.5, 0.6) is 5.88 Å². The third-order valence-electron chi connectivity index (χ3n) is 6.50. The first kappa shape index (κ1) is 23.9. The predicted molar refractivity (Wildman–Crippen MR) is 129 cm³/mol. The van der Waals surface area contributed by atoms with Crippen LogP contribution in [0.4, 0.5) is 8.78 Å². The van der Waals surface area contributed by atoms with Gasteiger partial charge in [0.05, 0.1) is 22.8 Å². The van der Waals surface area contributed by atoms with Crippen molar-refractivity contribution in [3.8, 4) is 18.2 Å². The maximum atomic E-state index is 15.2. The zero-order valence-corrected chi connectivity index (χ0v) is 20.0. The van der Waals surface area contributed by atoms with Crippen molar-refractivity contribution < 1.29 is 22.7 Å². The maximum Gasteiger partial charge on any atom is 0.233 e. The molecular formula is C25H21F2N5O3S. The number of aromatic nitrogens is 3. The molecule has 1 aliphatic carbocycles. The molecule has 3 aromatic rings. The van der Waals surface area contributed by atoms with Crippen molar-refractivity contribution >= 4 is 22.7 Å². The summed E-state index contributed by atoms with van der Waals surface area (Å²) in [5.74, 6) is 1.72. The van der Waals surface area contributed by atoms with Gasteiger partial charge in [-0.05, 0) is 31.0 Å². The minimum Gasteiger partial charge on any atom is -0.463 e. The lowest BCUT2D eigenvalue weighted by atomic mass is 9.83. The van der Waals surface area contributed by atoms with Gasteiger partial charge in [-0.1, -0.05) is 23.7 Å². The van der Waals surface area contributed by atoms with Crippen LogP contribution in [0.2, 0.25) is 0 Å². The highest BCUT2D eigenvalue weighted by atomic mass is 32.2. The summed E-state index contributed by atoms with van der Waals surface area (Å²) in [6.07, 6.45) is 9.45. The van der Waals surface area contributed by atoms with E-state index in [9.17, 15) is 9.18 Å². The molecule has 1 aliphatic heterocycles. The van der Waals surface area contributed by atoms with E-state index in [1.54, 1.807) is 6.92 Å². The Morgan fingerprint density at radius 1 is 1.36 bits per heavy atom. The molecule has 184 valence electrons.